The molecule has 34 heavy (non-hydrogen) atoms. The maximum absolute atomic E-state index is 8.63. The van der Waals surface area contributed by atoms with Crippen molar-refractivity contribution in [2.24, 2.45) is 5.16 Å². The minimum atomic E-state index is -0.769. The number of ether oxygens (including phenoxy) is 4. The van der Waals surface area contributed by atoms with Crippen LogP contribution in [0.1, 0.15) is 31.5 Å². The summed E-state index contributed by atoms with van der Waals surface area (Å²) >= 11 is 0. The summed E-state index contributed by atoms with van der Waals surface area (Å²) in [5.74, 6) is 5.37. The Balaban J connectivity index is 1.27. The lowest BCUT2D eigenvalue weighted by Gasteiger charge is -2.24. The first-order chi connectivity index (χ1) is 16.4. The van der Waals surface area contributed by atoms with E-state index in [9.17, 15) is 0 Å². The van der Waals surface area contributed by atoms with Crippen molar-refractivity contribution in [3.8, 4) is 11.8 Å². The normalized spacial score (nSPS) is 25.5. The Morgan fingerprint density at radius 3 is 2.97 bits per heavy atom. The van der Waals surface area contributed by atoms with Gasteiger partial charge in [0.2, 0.25) is 0 Å². The predicted molar refractivity (Wildman–Crippen MR) is 119 cm³/mol. The van der Waals surface area contributed by atoms with Gasteiger partial charge in [-0.2, -0.15) is 0 Å². The quantitative estimate of drug-likeness (QED) is 0.184. The number of hydrogen-bond acceptors (Lipinski definition) is 11. The van der Waals surface area contributed by atoms with E-state index in [4.69, 9.17) is 29.9 Å². The molecule has 3 aromatic heterocycles. The molecule has 176 valence electrons. The molecule has 0 aromatic carbocycles. The summed E-state index contributed by atoms with van der Waals surface area (Å²) in [6, 6.07) is 5.24. The lowest BCUT2D eigenvalue weighted by molar-refractivity contribution is -0.201. The molecule has 3 N–H and O–H groups in total. The molecule has 5 rings (SSSR count). The summed E-state index contributed by atoms with van der Waals surface area (Å²) < 4.78 is 26.1. The van der Waals surface area contributed by atoms with Crippen LogP contribution in [0.25, 0.3) is 11.2 Å². The molecule has 0 saturated carbocycles. The van der Waals surface area contributed by atoms with Crippen LogP contribution in [0.3, 0.4) is 0 Å². The number of nitrogens with two attached hydrogens (primary N) is 1. The topological polar surface area (TPSA) is 152 Å². The van der Waals surface area contributed by atoms with Crippen LogP contribution in [0.4, 0.5) is 5.82 Å². The van der Waals surface area contributed by atoms with Gasteiger partial charge in [-0.1, -0.05) is 17.1 Å². The van der Waals surface area contributed by atoms with Crippen LogP contribution in [-0.2, 0) is 18.9 Å². The Morgan fingerprint density at radius 1 is 1.26 bits per heavy atom. The number of hydrogen-bond donors (Lipinski definition) is 2. The molecule has 2 aliphatic rings. The fourth-order valence-electron chi connectivity index (χ4n) is 4.08. The number of anilines is 1. The average molecular weight is 465 g/mol. The van der Waals surface area contributed by atoms with E-state index >= 15 is 0 Å². The molecule has 3 aromatic rings. The number of oxime groups is 1. The van der Waals surface area contributed by atoms with Crippen molar-refractivity contribution in [3.05, 3.63) is 42.2 Å². The Morgan fingerprint density at radius 2 is 2.12 bits per heavy atom. The Bertz CT molecular complexity index is 1280. The first-order valence-corrected chi connectivity index (χ1v) is 10.6. The molecular formula is C22H23N7O5. The van der Waals surface area contributed by atoms with E-state index in [-0.39, 0.29) is 25.4 Å². The van der Waals surface area contributed by atoms with Gasteiger partial charge in [0.05, 0.1) is 24.8 Å². The largest absolute Gasteiger partial charge is 0.411 e. The molecule has 0 amide bonds. The van der Waals surface area contributed by atoms with Crippen molar-refractivity contribution < 1.29 is 24.2 Å². The SMILES string of the molecule is CC1(C)O[C@@H]2[C@@H](COCC#Cc3cccc(/C=N/O)n3)OC(n3cnc4c(N)ncnc43)[C@@H]2O1. The lowest BCUT2D eigenvalue weighted by Crippen LogP contribution is -2.33. The monoisotopic (exact) mass is 465 g/mol. The van der Waals surface area contributed by atoms with Gasteiger partial charge in [0, 0.05) is 0 Å². The molecule has 1 unspecified atom stereocenters. The number of imidazole rings is 1. The molecule has 0 aliphatic carbocycles. The van der Waals surface area contributed by atoms with Crippen LogP contribution in [0.15, 0.2) is 36.0 Å². The Labute approximate surface area is 194 Å². The average Bonchev–Trinajstić information content (AvgIpc) is 3.46. The highest BCUT2D eigenvalue weighted by molar-refractivity contribution is 5.81. The van der Waals surface area contributed by atoms with E-state index in [1.165, 1.54) is 12.5 Å². The minimum Gasteiger partial charge on any atom is -0.411 e. The minimum absolute atomic E-state index is 0.171. The third-order valence-corrected chi connectivity index (χ3v) is 5.42. The number of fused-ring (bicyclic) bond motifs is 2. The highest BCUT2D eigenvalue weighted by Gasteiger charge is 2.56. The maximum atomic E-state index is 8.63. The molecule has 4 atom stereocenters. The number of rotatable bonds is 5. The first-order valence-electron chi connectivity index (χ1n) is 10.6. The van der Waals surface area contributed by atoms with Gasteiger partial charge in [-0.05, 0) is 31.9 Å². The molecular weight excluding hydrogens is 442 g/mol. The van der Waals surface area contributed by atoms with Crippen LogP contribution < -0.4 is 5.73 Å². The molecule has 2 fully saturated rings. The summed E-state index contributed by atoms with van der Waals surface area (Å²) in [4.78, 5) is 16.9. The number of nitrogen functional groups attached to an aromatic ring is 1. The zero-order chi connectivity index (χ0) is 23.7. The smallest absolute Gasteiger partial charge is 0.167 e. The van der Waals surface area contributed by atoms with Crippen LogP contribution in [0, 0.1) is 11.8 Å². The fourth-order valence-corrected chi connectivity index (χ4v) is 4.08. The molecule has 0 bridgehead atoms. The van der Waals surface area contributed by atoms with Gasteiger partial charge in [0.25, 0.3) is 0 Å². The second kappa shape index (κ2) is 8.96. The number of pyridine rings is 1. The van der Waals surface area contributed by atoms with Gasteiger partial charge in [-0.3, -0.25) is 4.57 Å². The molecule has 2 aliphatic heterocycles. The Hall–Kier alpha value is -3.63. The van der Waals surface area contributed by atoms with Gasteiger partial charge in [-0.25, -0.2) is 19.9 Å². The highest BCUT2D eigenvalue weighted by Crippen LogP contribution is 2.43. The molecule has 0 spiro atoms. The standard InChI is InChI=1S/C22H23N7O5/c1-22(2)33-17-15(10-31-8-4-7-13-5-3-6-14(28-13)9-27-30)32-21(18(17)34-22)29-12-26-16-19(23)24-11-25-20(16)29/h3,5-6,9,11-12,15,17-18,21,30H,8,10H2,1-2H3,(H2,23,24,25)/b27-9+/t15-,17-,18-,21?/m1/s1. The molecule has 0 radical (unpaired) electrons. The zero-order valence-corrected chi connectivity index (χ0v) is 18.5. The number of aromatic nitrogens is 5. The van der Waals surface area contributed by atoms with Crippen molar-refractivity contribution in [2.75, 3.05) is 18.9 Å². The van der Waals surface area contributed by atoms with Crippen molar-refractivity contribution in [1.29, 1.82) is 0 Å². The van der Waals surface area contributed by atoms with Crippen LogP contribution in [0.5, 0.6) is 0 Å². The fraction of sp³-hybridized carbons (Fsp3) is 0.409. The second-order valence-corrected chi connectivity index (χ2v) is 8.22. The van der Waals surface area contributed by atoms with E-state index in [2.05, 4.69) is 36.9 Å². The van der Waals surface area contributed by atoms with Gasteiger partial charge in [0.1, 0.15) is 42.5 Å². The van der Waals surface area contributed by atoms with E-state index < -0.39 is 18.1 Å². The zero-order valence-electron chi connectivity index (χ0n) is 18.5. The lowest BCUT2D eigenvalue weighted by atomic mass is 10.1. The summed E-state index contributed by atoms with van der Waals surface area (Å²) in [5, 5.41) is 11.6. The molecule has 12 heteroatoms. The van der Waals surface area contributed by atoms with E-state index in [0.29, 0.717) is 28.4 Å². The van der Waals surface area contributed by atoms with Crippen molar-refractivity contribution >= 4 is 23.2 Å². The molecule has 2 saturated heterocycles. The van der Waals surface area contributed by atoms with E-state index in [1.54, 1.807) is 29.1 Å². The van der Waals surface area contributed by atoms with E-state index in [0.717, 1.165) is 0 Å². The second-order valence-electron chi connectivity index (χ2n) is 8.22. The van der Waals surface area contributed by atoms with Crippen molar-refractivity contribution in [1.82, 2.24) is 24.5 Å². The van der Waals surface area contributed by atoms with Crippen LogP contribution >= 0.6 is 0 Å². The summed E-state index contributed by atoms with van der Waals surface area (Å²) in [6.45, 7) is 4.14. The van der Waals surface area contributed by atoms with Crippen molar-refractivity contribution in [3.63, 3.8) is 0 Å². The molecule has 5 heterocycles. The first kappa shape index (κ1) is 22.2. The maximum Gasteiger partial charge on any atom is 0.167 e. The van der Waals surface area contributed by atoms with Crippen LogP contribution in [0.2, 0.25) is 0 Å². The summed E-state index contributed by atoms with van der Waals surface area (Å²) in [6.07, 6.45) is 2.59. The summed E-state index contributed by atoms with van der Waals surface area (Å²) in [5.41, 5.74) is 8.03. The van der Waals surface area contributed by atoms with Gasteiger partial charge >= 0.3 is 0 Å². The Kier molecular flexibility index (Phi) is 5.84. The van der Waals surface area contributed by atoms with Crippen LogP contribution in [-0.4, -0.2) is 73.2 Å². The third-order valence-electron chi connectivity index (χ3n) is 5.42. The summed E-state index contributed by atoms with van der Waals surface area (Å²) in [7, 11) is 0. The van der Waals surface area contributed by atoms with Gasteiger partial charge in [-0.15, -0.1) is 0 Å². The number of nitrogens with zero attached hydrogens (tertiary/aromatic N) is 6. The van der Waals surface area contributed by atoms with Gasteiger partial charge in [0.15, 0.2) is 23.5 Å². The predicted octanol–water partition coefficient (Wildman–Crippen LogP) is 1.10. The molecule has 12 nitrogen and oxygen atoms in total. The highest BCUT2D eigenvalue weighted by atomic mass is 16.8. The van der Waals surface area contributed by atoms with Crippen molar-refractivity contribution in [2.45, 2.75) is 44.2 Å². The third kappa shape index (κ3) is 4.29. The van der Waals surface area contributed by atoms with Gasteiger partial charge < -0.3 is 29.9 Å². The van der Waals surface area contributed by atoms with E-state index in [1.807, 2.05) is 13.8 Å².